The van der Waals surface area contributed by atoms with E-state index < -0.39 is 0 Å². The van der Waals surface area contributed by atoms with Crippen LogP contribution in [0.3, 0.4) is 0 Å². The number of nitrogens with one attached hydrogen (secondary N) is 2. The molecule has 0 spiro atoms. The molecule has 0 aromatic heterocycles. The minimum Gasteiger partial charge on any atom is -0.338 e. The minimum absolute atomic E-state index is 0.377. The first-order valence-electron chi connectivity index (χ1n) is 6.86. The molecule has 0 amide bonds. The van der Waals surface area contributed by atoms with Gasteiger partial charge >= 0.3 is 0 Å². The lowest BCUT2D eigenvalue weighted by Gasteiger charge is -2.29. The molecule has 1 aliphatic heterocycles. The van der Waals surface area contributed by atoms with E-state index in [0.29, 0.717) is 10.1 Å². The van der Waals surface area contributed by atoms with E-state index in [4.69, 9.17) is 23.8 Å². The smallest absolute Gasteiger partial charge is 0.190 e. The van der Waals surface area contributed by atoms with Crippen LogP contribution in [-0.2, 0) is 5.66 Å². The maximum Gasteiger partial charge on any atom is 0.190 e. The molecule has 2 N–H and O–H groups in total. The maximum atomic E-state index is 5.95. The van der Waals surface area contributed by atoms with Gasteiger partial charge in [-0.15, -0.1) is 0 Å². The molecule has 0 radical (unpaired) electrons. The van der Waals surface area contributed by atoms with E-state index in [-0.39, 0.29) is 5.66 Å². The number of hydrogen-bond acceptors (Lipinski definition) is 2. The van der Waals surface area contributed by atoms with Crippen LogP contribution in [-0.4, -0.2) is 5.11 Å². The van der Waals surface area contributed by atoms with Crippen LogP contribution in [0.25, 0.3) is 0 Å². The van der Waals surface area contributed by atoms with Crippen molar-refractivity contribution in [3.8, 4) is 0 Å². The summed E-state index contributed by atoms with van der Waals surface area (Å²) in [5, 5.41) is 6.67. The first-order chi connectivity index (χ1) is 10.1. The molecule has 0 bridgehead atoms. The highest BCUT2D eigenvalue weighted by molar-refractivity contribution is 7.80. The Morgan fingerprint density at radius 2 is 1.76 bits per heavy atom. The molecule has 3 nitrogen and oxygen atoms in total. The van der Waals surface area contributed by atoms with Gasteiger partial charge in [0.25, 0.3) is 0 Å². The number of hydrogen-bond donors (Lipinski definition) is 2. The van der Waals surface area contributed by atoms with Crippen molar-refractivity contribution in [2.75, 3.05) is 5.01 Å². The van der Waals surface area contributed by atoms with Crippen LogP contribution in [0.4, 0.5) is 5.69 Å². The Hall–Kier alpha value is -1.62. The Morgan fingerprint density at radius 1 is 1.10 bits per heavy atom. The van der Waals surface area contributed by atoms with Crippen molar-refractivity contribution in [2.45, 2.75) is 19.0 Å². The summed E-state index contributed by atoms with van der Waals surface area (Å²) < 4.78 is 0. The fourth-order valence-corrected chi connectivity index (χ4v) is 2.96. The topological polar surface area (TPSA) is 27.3 Å². The molecule has 21 heavy (non-hydrogen) atoms. The number of anilines is 1. The van der Waals surface area contributed by atoms with Gasteiger partial charge in [-0.3, -0.25) is 0 Å². The lowest BCUT2D eigenvalue weighted by Crippen LogP contribution is -2.47. The van der Waals surface area contributed by atoms with E-state index in [1.807, 2.05) is 47.5 Å². The largest absolute Gasteiger partial charge is 0.338 e. The zero-order valence-corrected chi connectivity index (χ0v) is 13.2. The van der Waals surface area contributed by atoms with Gasteiger partial charge in [0.2, 0.25) is 0 Å². The zero-order chi connectivity index (χ0) is 14.9. The summed E-state index contributed by atoms with van der Waals surface area (Å²) in [6, 6.07) is 17.9. The quantitative estimate of drug-likeness (QED) is 0.842. The third kappa shape index (κ3) is 2.62. The second-order valence-electron chi connectivity index (χ2n) is 4.98. The molecule has 0 aliphatic carbocycles. The Bertz CT molecular complexity index is 644. The van der Waals surface area contributed by atoms with Gasteiger partial charge in [-0.1, -0.05) is 48.9 Å². The van der Waals surface area contributed by atoms with E-state index in [9.17, 15) is 0 Å². The normalized spacial score (nSPS) is 21.4. The standard InChI is InChI=1S/C16H16ClN3S/c1-2-16(12-6-4-3-5-7-12)18-15(21)20(19-16)14-10-8-13(17)9-11-14/h3-11,19H,2H2,1H3,(H,18,21)/t16-/m1/s1. The van der Waals surface area contributed by atoms with Crippen molar-refractivity contribution in [2.24, 2.45) is 0 Å². The van der Waals surface area contributed by atoms with Gasteiger partial charge in [0.05, 0.1) is 5.69 Å². The van der Waals surface area contributed by atoms with Gasteiger partial charge in [0.1, 0.15) is 5.66 Å². The van der Waals surface area contributed by atoms with E-state index in [1.54, 1.807) is 0 Å². The molecule has 0 saturated carbocycles. The van der Waals surface area contributed by atoms with Crippen molar-refractivity contribution in [3.63, 3.8) is 0 Å². The summed E-state index contributed by atoms with van der Waals surface area (Å²) in [6.07, 6.45) is 0.862. The van der Waals surface area contributed by atoms with Gasteiger partial charge in [0.15, 0.2) is 5.11 Å². The van der Waals surface area contributed by atoms with E-state index >= 15 is 0 Å². The van der Waals surface area contributed by atoms with Gasteiger partial charge in [0, 0.05) is 5.02 Å². The van der Waals surface area contributed by atoms with E-state index in [0.717, 1.165) is 17.7 Å². The van der Waals surface area contributed by atoms with Crippen LogP contribution in [0.15, 0.2) is 54.6 Å². The fraction of sp³-hybridized carbons (Fsp3) is 0.188. The second kappa shape index (κ2) is 5.64. The minimum atomic E-state index is -0.377. The highest BCUT2D eigenvalue weighted by atomic mass is 35.5. The van der Waals surface area contributed by atoms with Crippen LogP contribution in [0.2, 0.25) is 5.02 Å². The average Bonchev–Trinajstić information content (AvgIpc) is 2.87. The van der Waals surface area contributed by atoms with Crippen molar-refractivity contribution >= 4 is 34.6 Å². The van der Waals surface area contributed by atoms with Crippen LogP contribution in [0.5, 0.6) is 0 Å². The summed E-state index contributed by atoms with van der Waals surface area (Å²) in [4.78, 5) is 0. The third-order valence-electron chi connectivity index (χ3n) is 3.71. The summed E-state index contributed by atoms with van der Waals surface area (Å²) in [7, 11) is 0. The highest BCUT2D eigenvalue weighted by Gasteiger charge is 2.40. The summed E-state index contributed by atoms with van der Waals surface area (Å²) in [5.41, 5.74) is 5.24. The Kier molecular flexibility index (Phi) is 3.85. The molecular weight excluding hydrogens is 302 g/mol. The zero-order valence-electron chi connectivity index (χ0n) is 11.6. The number of nitrogens with zero attached hydrogens (tertiary/aromatic N) is 1. The predicted octanol–water partition coefficient (Wildman–Crippen LogP) is 3.80. The van der Waals surface area contributed by atoms with Crippen molar-refractivity contribution in [1.82, 2.24) is 10.7 Å². The monoisotopic (exact) mass is 317 g/mol. The first-order valence-corrected chi connectivity index (χ1v) is 7.64. The molecule has 1 saturated heterocycles. The lowest BCUT2D eigenvalue weighted by atomic mass is 9.98. The molecule has 1 atom stereocenters. The highest BCUT2D eigenvalue weighted by Crippen LogP contribution is 2.29. The molecule has 2 aromatic rings. The van der Waals surface area contributed by atoms with Crippen molar-refractivity contribution in [3.05, 3.63) is 65.2 Å². The molecule has 0 unspecified atom stereocenters. The van der Waals surface area contributed by atoms with Crippen LogP contribution < -0.4 is 15.8 Å². The SMILES string of the molecule is CC[C@@]1(c2ccccc2)NC(=S)N(c2ccc(Cl)cc2)N1. The van der Waals surface area contributed by atoms with Crippen molar-refractivity contribution < 1.29 is 0 Å². The van der Waals surface area contributed by atoms with Crippen LogP contribution in [0.1, 0.15) is 18.9 Å². The van der Waals surface area contributed by atoms with Crippen LogP contribution >= 0.6 is 23.8 Å². The average molecular weight is 318 g/mol. The van der Waals surface area contributed by atoms with Gasteiger partial charge in [-0.25, -0.2) is 5.01 Å². The van der Waals surface area contributed by atoms with E-state index in [1.165, 1.54) is 0 Å². The Balaban J connectivity index is 1.94. The molecule has 5 heteroatoms. The molecule has 108 valence electrons. The summed E-state index contributed by atoms with van der Waals surface area (Å²) in [6.45, 7) is 2.13. The second-order valence-corrected chi connectivity index (χ2v) is 5.80. The molecule has 3 rings (SSSR count). The Labute approximate surface area is 134 Å². The van der Waals surface area contributed by atoms with E-state index in [2.05, 4.69) is 29.8 Å². The summed E-state index contributed by atoms with van der Waals surface area (Å²) in [5.74, 6) is 0. The number of rotatable bonds is 3. The number of hydrazine groups is 1. The molecule has 1 aliphatic rings. The molecular formula is C16H16ClN3S. The lowest BCUT2D eigenvalue weighted by molar-refractivity contribution is 0.337. The number of thiocarbonyl (C=S) groups is 1. The number of halogens is 1. The van der Waals surface area contributed by atoms with Crippen molar-refractivity contribution in [1.29, 1.82) is 0 Å². The van der Waals surface area contributed by atoms with Gasteiger partial charge in [-0.2, -0.15) is 5.43 Å². The molecule has 1 heterocycles. The summed E-state index contributed by atoms with van der Waals surface area (Å²) >= 11 is 11.4. The predicted molar refractivity (Wildman–Crippen MR) is 91.2 cm³/mol. The third-order valence-corrected chi connectivity index (χ3v) is 4.24. The van der Waals surface area contributed by atoms with Gasteiger partial charge < -0.3 is 5.32 Å². The van der Waals surface area contributed by atoms with Crippen LogP contribution in [0, 0.1) is 0 Å². The van der Waals surface area contributed by atoms with Gasteiger partial charge in [-0.05, 0) is 48.5 Å². The first kappa shape index (κ1) is 14.3. The molecule has 1 fully saturated rings. The maximum absolute atomic E-state index is 5.95. The Morgan fingerprint density at radius 3 is 2.38 bits per heavy atom. The number of benzene rings is 2. The fourth-order valence-electron chi connectivity index (χ4n) is 2.51. The molecule has 2 aromatic carbocycles.